The molecule has 0 saturated carbocycles. The number of amides is 1. The number of H-pyrrole nitrogens is 1. The Morgan fingerprint density at radius 1 is 1.59 bits per heavy atom. The molecule has 1 aliphatic heterocycles. The highest BCUT2D eigenvalue weighted by atomic mass is 35.5. The van der Waals surface area contributed by atoms with Gasteiger partial charge in [0.15, 0.2) is 5.82 Å². The average Bonchev–Trinajstić information content (AvgIpc) is 2.64. The highest BCUT2D eigenvalue weighted by molar-refractivity contribution is 5.91. The summed E-state index contributed by atoms with van der Waals surface area (Å²) >= 11 is 0. The topological polar surface area (TPSA) is 69.8 Å². The summed E-state index contributed by atoms with van der Waals surface area (Å²) in [4.78, 5) is 11.9. The van der Waals surface area contributed by atoms with E-state index >= 15 is 0 Å². The van der Waals surface area contributed by atoms with Crippen molar-refractivity contribution in [3.8, 4) is 0 Å². The minimum Gasteiger partial charge on any atom is -0.314 e. The highest BCUT2D eigenvalue weighted by Crippen LogP contribution is 2.18. The first-order valence-corrected chi connectivity index (χ1v) is 5.71. The number of halogens is 1. The van der Waals surface area contributed by atoms with Gasteiger partial charge in [0.2, 0.25) is 5.91 Å². The van der Waals surface area contributed by atoms with Crippen LogP contribution in [0.1, 0.15) is 25.5 Å². The predicted octanol–water partition coefficient (Wildman–Crippen LogP) is 1.47. The molecule has 0 aromatic carbocycles. The molecule has 0 unspecified atom stereocenters. The van der Waals surface area contributed by atoms with Crippen LogP contribution in [-0.2, 0) is 4.79 Å². The van der Waals surface area contributed by atoms with Gasteiger partial charge in [0.25, 0.3) is 0 Å². The number of hydrogen-bond donors (Lipinski definition) is 3. The number of aromatic nitrogens is 2. The Kier molecular flexibility index (Phi) is 4.96. The van der Waals surface area contributed by atoms with E-state index in [4.69, 9.17) is 0 Å². The third kappa shape index (κ3) is 3.71. The van der Waals surface area contributed by atoms with Gasteiger partial charge in [0.1, 0.15) is 0 Å². The molecule has 1 aromatic rings. The van der Waals surface area contributed by atoms with Crippen molar-refractivity contribution < 1.29 is 4.79 Å². The summed E-state index contributed by atoms with van der Waals surface area (Å²) in [5.74, 6) is 0.807. The van der Waals surface area contributed by atoms with E-state index in [-0.39, 0.29) is 24.2 Å². The molecule has 2 heterocycles. The van der Waals surface area contributed by atoms with Crippen molar-refractivity contribution in [1.82, 2.24) is 15.5 Å². The van der Waals surface area contributed by atoms with Gasteiger partial charge in [-0.15, -0.1) is 12.4 Å². The van der Waals surface area contributed by atoms with Crippen molar-refractivity contribution >= 4 is 24.1 Å². The molecule has 17 heavy (non-hydrogen) atoms. The fraction of sp³-hybridized carbons (Fsp3) is 0.636. The van der Waals surface area contributed by atoms with Crippen LogP contribution in [0, 0.1) is 12.8 Å². The van der Waals surface area contributed by atoms with Gasteiger partial charge in [-0.1, -0.05) is 0 Å². The lowest BCUT2D eigenvalue weighted by Gasteiger charge is -2.26. The van der Waals surface area contributed by atoms with Gasteiger partial charge in [0, 0.05) is 23.7 Å². The van der Waals surface area contributed by atoms with Crippen molar-refractivity contribution in [1.29, 1.82) is 0 Å². The van der Waals surface area contributed by atoms with Gasteiger partial charge < -0.3 is 10.6 Å². The van der Waals surface area contributed by atoms with E-state index in [0.29, 0.717) is 11.9 Å². The van der Waals surface area contributed by atoms with Gasteiger partial charge >= 0.3 is 0 Å². The summed E-state index contributed by atoms with van der Waals surface area (Å²) in [5.41, 5.74) is 0.953. The molecule has 6 heteroatoms. The van der Waals surface area contributed by atoms with E-state index in [9.17, 15) is 4.79 Å². The molecule has 1 aromatic heterocycles. The summed E-state index contributed by atoms with van der Waals surface area (Å²) < 4.78 is 0. The van der Waals surface area contributed by atoms with Crippen LogP contribution in [-0.4, -0.2) is 28.7 Å². The molecule has 1 saturated heterocycles. The number of rotatable bonds is 2. The quantitative estimate of drug-likeness (QED) is 0.752. The van der Waals surface area contributed by atoms with Crippen molar-refractivity contribution in [3.05, 3.63) is 11.8 Å². The van der Waals surface area contributed by atoms with Crippen LogP contribution >= 0.6 is 12.4 Å². The minimum atomic E-state index is 0. The van der Waals surface area contributed by atoms with Gasteiger partial charge in [-0.05, 0) is 33.2 Å². The fourth-order valence-electron chi connectivity index (χ4n) is 2.08. The zero-order chi connectivity index (χ0) is 11.5. The Balaban J connectivity index is 0.00000144. The van der Waals surface area contributed by atoms with Crippen LogP contribution < -0.4 is 10.6 Å². The summed E-state index contributed by atoms with van der Waals surface area (Å²) in [7, 11) is 0. The van der Waals surface area contributed by atoms with E-state index in [1.165, 1.54) is 0 Å². The molecular formula is C11H19ClN4O. The third-order valence-corrected chi connectivity index (χ3v) is 2.95. The zero-order valence-electron chi connectivity index (χ0n) is 10.1. The lowest BCUT2D eigenvalue weighted by molar-refractivity contribution is -0.120. The molecule has 2 atom stereocenters. The first-order valence-electron chi connectivity index (χ1n) is 5.71. The van der Waals surface area contributed by atoms with Gasteiger partial charge in [-0.2, -0.15) is 5.10 Å². The van der Waals surface area contributed by atoms with Gasteiger partial charge in [-0.3, -0.25) is 9.89 Å². The number of piperidine rings is 1. The lowest BCUT2D eigenvalue weighted by atomic mass is 9.92. The Morgan fingerprint density at radius 2 is 2.35 bits per heavy atom. The molecule has 96 valence electrons. The maximum absolute atomic E-state index is 11.9. The standard InChI is InChI=1S/C11H18N4O.ClH/c1-7-5-9(3-4-12-7)11(16)13-10-6-8(2)14-15-10;/h6-7,9,12H,3-5H2,1-2H3,(H2,13,14,15,16);1H/t7-,9-;/m0./s1. The number of carbonyl (C=O) groups is 1. The zero-order valence-corrected chi connectivity index (χ0v) is 10.9. The number of hydrogen-bond acceptors (Lipinski definition) is 3. The second kappa shape index (κ2) is 6.02. The SMILES string of the molecule is Cc1cc(NC(=O)[C@H]2CCN[C@@H](C)C2)n[nH]1.Cl. The number of carbonyl (C=O) groups excluding carboxylic acids is 1. The summed E-state index contributed by atoms with van der Waals surface area (Å²) in [6, 6.07) is 2.26. The van der Waals surface area contributed by atoms with Gasteiger partial charge in [-0.25, -0.2) is 0 Å². The van der Waals surface area contributed by atoms with Crippen molar-refractivity contribution in [2.24, 2.45) is 5.92 Å². The fourth-order valence-corrected chi connectivity index (χ4v) is 2.08. The molecule has 1 amide bonds. The Labute approximate surface area is 107 Å². The van der Waals surface area contributed by atoms with Crippen LogP contribution in [0.2, 0.25) is 0 Å². The van der Waals surface area contributed by atoms with Crippen LogP contribution in [0.3, 0.4) is 0 Å². The maximum atomic E-state index is 11.9. The lowest BCUT2D eigenvalue weighted by Crippen LogP contribution is -2.40. The van der Waals surface area contributed by atoms with Crippen LogP contribution in [0.5, 0.6) is 0 Å². The smallest absolute Gasteiger partial charge is 0.228 e. The minimum absolute atomic E-state index is 0. The molecule has 1 aliphatic rings. The molecule has 5 nitrogen and oxygen atoms in total. The summed E-state index contributed by atoms with van der Waals surface area (Å²) in [5, 5.41) is 13.0. The Morgan fingerprint density at radius 3 is 2.94 bits per heavy atom. The summed E-state index contributed by atoms with van der Waals surface area (Å²) in [6.45, 7) is 4.94. The molecule has 0 aliphatic carbocycles. The first kappa shape index (κ1) is 14.0. The number of nitrogens with zero attached hydrogens (tertiary/aromatic N) is 1. The Hall–Kier alpha value is -1.07. The predicted molar refractivity (Wildman–Crippen MR) is 69.4 cm³/mol. The van der Waals surface area contributed by atoms with Crippen molar-refractivity contribution in [2.75, 3.05) is 11.9 Å². The normalized spacial score (nSPS) is 23.9. The maximum Gasteiger partial charge on any atom is 0.228 e. The number of nitrogens with one attached hydrogen (secondary N) is 3. The van der Waals surface area contributed by atoms with E-state index in [1.807, 2.05) is 13.0 Å². The van der Waals surface area contributed by atoms with E-state index in [2.05, 4.69) is 27.8 Å². The Bertz CT molecular complexity index is 379. The van der Waals surface area contributed by atoms with E-state index < -0.39 is 0 Å². The molecule has 0 bridgehead atoms. The molecule has 0 spiro atoms. The molecule has 2 rings (SSSR count). The van der Waals surface area contributed by atoms with E-state index in [1.54, 1.807) is 0 Å². The van der Waals surface area contributed by atoms with E-state index in [0.717, 1.165) is 25.1 Å². The number of anilines is 1. The van der Waals surface area contributed by atoms with Crippen molar-refractivity contribution in [3.63, 3.8) is 0 Å². The van der Waals surface area contributed by atoms with Crippen LogP contribution in [0.25, 0.3) is 0 Å². The summed E-state index contributed by atoms with van der Waals surface area (Å²) in [6.07, 6.45) is 1.80. The third-order valence-electron chi connectivity index (χ3n) is 2.95. The monoisotopic (exact) mass is 258 g/mol. The average molecular weight is 259 g/mol. The highest BCUT2D eigenvalue weighted by Gasteiger charge is 2.24. The molecule has 0 radical (unpaired) electrons. The number of aryl methyl sites for hydroxylation is 1. The largest absolute Gasteiger partial charge is 0.314 e. The van der Waals surface area contributed by atoms with Gasteiger partial charge in [0.05, 0.1) is 0 Å². The number of aromatic amines is 1. The first-order chi connectivity index (χ1) is 7.65. The second-order valence-electron chi connectivity index (χ2n) is 4.50. The molecular weight excluding hydrogens is 240 g/mol. The van der Waals surface area contributed by atoms with Crippen LogP contribution in [0.4, 0.5) is 5.82 Å². The second-order valence-corrected chi connectivity index (χ2v) is 4.50. The molecule has 3 N–H and O–H groups in total. The van der Waals surface area contributed by atoms with Crippen molar-refractivity contribution in [2.45, 2.75) is 32.7 Å². The van der Waals surface area contributed by atoms with Crippen LogP contribution in [0.15, 0.2) is 6.07 Å². The molecule has 1 fully saturated rings.